The Bertz CT molecular complexity index is 694. The summed E-state index contributed by atoms with van der Waals surface area (Å²) in [5.74, 6) is 0.576. The second kappa shape index (κ2) is 5.54. The zero-order valence-corrected chi connectivity index (χ0v) is 12.2. The first kappa shape index (κ1) is 13.0. The highest BCUT2D eigenvalue weighted by molar-refractivity contribution is 5.81. The lowest BCUT2D eigenvalue weighted by Gasteiger charge is -2.13. The molecular formula is C19H21N. The third-order valence-electron chi connectivity index (χ3n) is 4.20. The number of para-hydroxylation sites is 1. The smallest absolute Gasteiger partial charge is 0.0479 e. The third kappa shape index (κ3) is 2.49. The topological polar surface area (TPSA) is 4.93 Å². The molecule has 1 heteroatoms. The van der Waals surface area contributed by atoms with E-state index in [2.05, 4.69) is 79.2 Å². The monoisotopic (exact) mass is 263 g/mol. The van der Waals surface area contributed by atoms with Gasteiger partial charge in [0.15, 0.2) is 0 Å². The summed E-state index contributed by atoms with van der Waals surface area (Å²) in [5.41, 5.74) is 4.19. The molecule has 0 fully saturated rings. The van der Waals surface area contributed by atoms with Crippen LogP contribution >= 0.6 is 0 Å². The molecule has 0 saturated heterocycles. The lowest BCUT2D eigenvalue weighted by atomic mass is 9.98. The van der Waals surface area contributed by atoms with Gasteiger partial charge in [-0.3, -0.25) is 0 Å². The minimum absolute atomic E-state index is 0.576. The fraction of sp³-hybridized carbons (Fsp3) is 0.263. The first-order valence-corrected chi connectivity index (χ1v) is 7.34. The van der Waals surface area contributed by atoms with Crippen LogP contribution in [0, 0.1) is 0 Å². The molecule has 20 heavy (non-hydrogen) atoms. The van der Waals surface area contributed by atoms with Crippen molar-refractivity contribution in [2.24, 2.45) is 7.05 Å². The van der Waals surface area contributed by atoms with Crippen molar-refractivity contribution in [2.75, 3.05) is 0 Å². The van der Waals surface area contributed by atoms with Crippen LogP contribution in [0.25, 0.3) is 10.9 Å². The highest BCUT2D eigenvalue weighted by Crippen LogP contribution is 2.27. The van der Waals surface area contributed by atoms with Crippen molar-refractivity contribution < 1.29 is 0 Å². The Kier molecular flexibility index (Phi) is 3.60. The Morgan fingerprint density at radius 2 is 1.65 bits per heavy atom. The lowest BCUT2D eigenvalue weighted by molar-refractivity contribution is 0.636. The molecule has 0 bridgehead atoms. The molecule has 0 amide bonds. The van der Waals surface area contributed by atoms with Gasteiger partial charge in [-0.05, 0) is 41.8 Å². The maximum atomic E-state index is 2.34. The van der Waals surface area contributed by atoms with Crippen molar-refractivity contribution in [3.63, 3.8) is 0 Å². The molecule has 0 aliphatic carbocycles. The van der Waals surface area contributed by atoms with E-state index in [1.54, 1.807) is 0 Å². The normalized spacial score (nSPS) is 12.7. The number of aromatic nitrogens is 1. The van der Waals surface area contributed by atoms with Crippen molar-refractivity contribution in [3.05, 3.63) is 71.9 Å². The van der Waals surface area contributed by atoms with Gasteiger partial charge in [-0.15, -0.1) is 0 Å². The van der Waals surface area contributed by atoms with Gasteiger partial charge >= 0.3 is 0 Å². The van der Waals surface area contributed by atoms with E-state index in [-0.39, 0.29) is 0 Å². The van der Waals surface area contributed by atoms with Gasteiger partial charge in [0.1, 0.15) is 0 Å². The SMILES string of the molecule is C[C@H](CCc1ccccc1)c1cc2ccccc2n1C. The summed E-state index contributed by atoms with van der Waals surface area (Å²) in [6, 6.07) is 21.7. The molecule has 1 atom stereocenters. The van der Waals surface area contributed by atoms with Gasteiger partial charge in [0.25, 0.3) is 0 Å². The van der Waals surface area contributed by atoms with Crippen LogP contribution in [0.3, 0.4) is 0 Å². The van der Waals surface area contributed by atoms with Gasteiger partial charge in [0.2, 0.25) is 0 Å². The average molecular weight is 263 g/mol. The van der Waals surface area contributed by atoms with E-state index >= 15 is 0 Å². The van der Waals surface area contributed by atoms with Crippen molar-refractivity contribution in [3.8, 4) is 0 Å². The van der Waals surface area contributed by atoms with E-state index in [0.717, 1.165) is 6.42 Å². The van der Waals surface area contributed by atoms with Crippen LogP contribution in [0.5, 0.6) is 0 Å². The number of hydrogen-bond donors (Lipinski definition) is 0. The Morgan fingerprint density at radius 1 is 0.950 bits per heavy atom. The Morgan fingerprint density at radius 3 is 2.40 bits per heavy atom. The second-order valence-electron chi connectivity index (χ2n) is 5.61. The molecule has 1 nitrogen and oxygen atoms in total. The van der Waals surface area contributed by atoms with Gasteiger partial charge in [-0.1, -0.05) is 55.5 Å². The third-order valence-corrected chi connectivity index (χ3v) is 4.20. The molecule has 0 N–H and O–H groups in total. The molecule has 1 heterocycles. The highest BCUT2D eigenvalue weighted by Gasteiger charge is 2.12. The van der Waals surface area contributed by atoms with Gasteiger partial charge in [0, 0.05) is 18.3 Å². The van der Waals surface area contributed by atoms with Crippen LogP contribution in [0.15, 0.2) is 60.7 Å². The number of nitrogens with zero attached hydrogens (tertiary/aromatic N) is 1. The van der Waals surface area contributed by atoms with Crippen LogP contribution in [0.1, 0.15) is 30.5 Å². The van der Waals surface area contributed by atoms with Crippen molar-refractivity contribution in [1.82, 2.24) is 4.57 Å². The first-order chi connectivity index (χ1) is 9.75. The molecular weight excluding hydrogens is 242 g/mol. The van der Waals surface area contributed by atoms with E-state index in [0.29, 0.717) is 5.92 Å². The summed E-state index contributed by atoms with van der Waals surface area (Å²) in [5, 5.41) is 1.34. The number of benzene rings is 2. The fourth-order valence-corrected chi connectivity index (χ4v) is 2.96. The van der Waals surface area contributed by atoms with E-state index in [1.807, 2.05) is 0 Å². The highest BCUT2D eigenvalue weighted by atomic mass is 14.9. The Hall–Kier alpha value is -2.02. The maximum Gasteiger partial charge on any atom is 0.0479 e. The van der Waals surface area contributed by atoms with Gasteiger partial charge < -0.3 is 4.57 Å². The van der Waals surface area contributed by atoms with Crippen LogP contribution in [-0.2, 0) is 13.5 Å². The first-order valence-electron chi connectivity index (χ1n) is 7.34. The molecule has 0 aliphatic rings. The van der Waals surface area contributed by atoms with Gasteiger partial charge in [0.05, 0.1) is 0 Å². The molecule has 0 aliphatic heterocycles. The molecule has 1 aromatic heterocycles. The lowest BCUT2D eigenvalue weighted by Crippen LogP contribution is -2.02. The number of rotatable bonds is 4. The van der Waals surface area contributed by atoms with Gasteiger partial charge in [-0.2, -0.15) is 0 Å². The molecule has 3 aromatic rings. The van der Waals surface area contributed by atoms with E-state index < -0.39 is 0 Å². The quantitative estimate of drug-likeness (QED) is 0.630. The molecule has 3 rings (SSSR count). The van der Waals surface area contributed by atoms with Crippen molar-refractivity contribution in [1.29, 1.82) is 0 Å². The van der Waals surface area contributed by atoms with E-state index in [1.165, 1.54) is 28.6 Å². The van der Waals surface area contributed by atoms with E-state index in [4.69, 9.17) is 0 Å². The molecule has 0 saturated carbocycles. The predicted octanol–water partition coefficient (Wildman–Crippen LogP) is 4.91. The van der Waals surface area contributed by atoms with Gasteiger partial charge in [-0.25, -0.2) is 0 Å². The van der Waals surface area contributed by atoms with Crippen molar-refractivity contribution >= 4 is 10.9 Å². The molecule has 0 spiro atoms. The van der Waals surface area contributed by atoms with Crippen molar-refractivity contribution in [2.45, 2.75) is 25.7 Å². The number of fused-ring (bicyclic) bond motifs is 1. The average Bonchev–Trinajstić information content (AvgIpc) is 2.84. The summed E-state index contributed by atoms with van der Waals surface area (Å²) < 4.78 is 2.34. The number of aryl methyl sites for hydroxylation is 2. The Balaban J connectivity index is 1.79. The van der Waals surface area contributed by atoms with E-state index in [9.17, 15) is 0 Å². The predicted molar refractivity (Wildman–Crippen MR) is 86.1 cm³/mol. The second-order valence-corrected chi connectivity index (χ2v) is 5.61. The summed E-state index contributed by atoms with van der Waals surface area (Å²) in [7, 11) is 2.18. The summed E-state index contributed by atoms with van der Waals surface area (Å²) in [6.07, 6.45) is 2.33. The summed E-state index contributed by atoms with van der Waals surface area (Å²) in [6.45, 7) is 2.33. The zero-order chi connectivity index (χ0) is 13.9. The molecule has 2 aromatic carbocycles. The standard InChI is InChI=1S/C19H21N/c1-15(12-13-16-8-4-3-5-9-16)19-14-17-10-6-7-11-18(17)20(19)2/h3-11,14-15H,12-13H2,1-2H3/t15-/m1/s1. The maximum absolute atomic E-state index is 2.34. The van der Waals surface area contributed by atoms with Crippen LogP contribution < -0.4 is 0 Å². The Labute approximate surface area is 120 Å². The summed E-state index contributed by atoms with van der Waals surface area (Å²) in [4.78, 5) is 0. The van der Waals surface area contributed by atoms with Crippen LogP contribution in [0.4, 0.5) is 0 Å². The number of hydrogen-bond acceptors (Lipinski definition) is 0. The zero-order valence-electron chi connectivity index (χ0n) is 12.2. The fourth-order valence-electron chi connectivity index (χ4n) is 2.96. The minimum atomic E-state index is 0.576. The molecule has 0 unspecified atom stereocenters. The van der Waals surface area contributed by atoms with Crippen LogP contribution in [-0.4, -0.2) is 4.57 Å². The molecule has 0 radical (unpaired) electrons. The molecule has 102 valence electrons. The minimum Gasteiger partial charge on any atom is -0.347 e. The van der Waals surface area contributed by atoms with Crippen LogP contribution in [0.2, 0.25) is 0 Å². The summed E-state index contributed by atoms with van der Waals surface area (Å²) >= 11 is 0. The largest absolute Gasteiger partial charge is 0.347 e.